The molecule has 2 fully saturated rings. The number of pyridine rings is 1. The van der Waals surface area contributed by atoms with Gasteiger partial charge in [-0.1, -0.05) is 0 Å². The number of aromatic amines is 1. The summed E-state index contributed by atoms with van der Waals surface area (Å²) >= 11 is 0. The third kappa shape index (κ3) is 3.71. The first-order chi connectivity index (χ1) is 15.4. The zero-order valence-electron chi connectivity index (χ0n) is 18.8. The van der Waals surface area contributed by atoms with E-state index < -0.39 is 0 Å². The first-order valence-corrected chi connectivity index (χ1v) is 11.6. The molecule has 2 saturated heterocycles. The van der Waals surface area contributed by atoms with Gasteiger partial charge in [0.2, 0.25) is 0 Å². The molecule has 1 atom stereocenters. The number of rotatable bonds is 4. The maximum Gasteiger partial charge on any atom is 0.259 e. The van der Waals surface area contributed by atoms with Crippen molar-refractivity contribution in [3.05, 3.63) is 39.8 Å². The van der Waals surface area contributed by atoms with Gasteiger partial charge in [0, 0.05) is 43.7 Å². The van der Waals surface area contributed by atoms with Crippen molar-refractivity contribution in [3.8, 4) is 0 Å². The lowest BCUT2D eigenvalue weighted by Crippen LogP contribution is -2.39. The number of aromatic nitrogens is 3. The zero-order valence-corrected chi connectivity index (χ0v) is 18.8. The standard InChI is InChI=1S/C24H31N5O3/c1-15-9-21-19(10-18(15)24(32)28-7-4-16(14-30)5-8-28)22-20(23(31)26-21)11-25-29(22)13-17-3-6-27(2)12-17/h9-11,16-17,30H,3-8,12-14H2,1-2H3,(H,26,31). The third-order valence-corrected chi connectivity index (χ3v) is 7.26. The molecule has 170 valence electrons. The molecule has 0 saturated carbocycles. The Morgan fingerprint density at radius 3 is 2.59 bits per heavy atom. The van der Waals surface area contributed by atoms with Gasteiger partial charge in [0.1, 0.15) is 0 Å². The van der Waals surface area contributed by atoms with Gasteiger partial charge in [-0.2, -0.15) is 5.10 Å². The van der Waals surface area contributed by atoms with Crippen LogP contribution in [0.1, 0.15) is 35.2 Å². The summed E-state index contributed by atoms with van der Waals surface area (Å²) in [6.07, 6.45) is 4.42. The SMILES string of the molecule is Cc1cc2[nH]c(=O)c3cnn(CC4CCN(C)C4)c3c2cc1C(=O)N1CCC(CO)CC1. The predicted molar refractivity (Wildman–Crippen MR) is 124 cm³/mol. The maximum absolute atomic E-state index is 13.4. The predicted octanol–water partition coefficient (Wildman–Crippen LogP) is 1.98. The number of H-pyrrole nitrogens is 1. The van der Waals surface area contributed by atoms with Crippen LogP contribution in [-0.4, -0.2) is 75.4 Å². The second kappa shape index (κ2) is 8.33. The number of aryl methyl sites for hydroxylation is 1. The maximum atomic E-state index is 13.4. The number of amides is 1. The van der Waals surface area contributed by atoms with Crippen LogP contribution in [0.25, 0.3) is 21.8 Å². The lowest BCUT2D eigenvalue weighted by atomic mass is 9.96. The van der Waals surface area contributed by atoms with Crippen LogP contribution in [0.3, 0.4) is 0 Å². The Bertz CT molecular complexity index is 1220. The number of hydrogen-bond donors (Lipinski definition) is 2. The molecule has 2 aromatic heterocycles. The lowest BCUT2D eigenvalue weighted by Gasteiger charge is -2.31. The van der Waals surface area contributed by atoms with E-state index in [0.29, 0.717) is 30.0 Å². The van der Waals surface area contributed by atoms with Gasteiger partial charge < -0.3 is 19.9 Å². The minimum absolute atomic E-state index is 0.0172. The van der Waals surface area contributed by atoms with Crippen LogP contribution in [-0.2, 0) is 6.54 Å². The van der Waals surface area contributed by atoms with Crippen LogP contribution in [0.2, 0.25) is 0 Å². The topological polar surface area (TPSA) is 94.5 Å². The van der Waals surface area contributed by atoms with Crippen LogP contribution >= 0.6 is 0 Å². The van der Waals surface area contributed by atoms with Gasteiger partial charge in [-0.25, -0.2) is 0 Å². The van der Waals surface area contributed by atoms with Crippen molar-refractivity contribution in [2.75, 3.05) is 39.8 Å². The number of fused-ring (bicyclic) bond motifs is 3. The second-order valence-electron chi connectivity index (χ2n) is 9.59. The molecule has 0 bridgehead atoms. The molecular formula is C24H31N5O3. The number of aliphatic hydroxyl groups excluding tert-OH is 1. The van der Waals surface area contributed by atoms with Crippen molar-refractivity contribution in [2.45, 2.75) is 32.7 Å². The number of benzene rings is 1. The van der Waals surface area contributed by atoms with Crippen LogP contribution in [0.15, 0.2) is 23.1 Å². The molecule has 0 aliphatic carbocycles. The van der Waals surface area contributed by atoms with Gasteiger partial charge in [0.25, 0.3) is 11.5 Å². The van der Waals surface area contributed by atoms with Gasteiger partial charge in [-0.15, -0.1) is 0 Å². The number of piperidine rings is 1. The van der Waals surface area contributed by atoms with Gasteiger partial charge in [-0.3, -0.25) is 14.3 Å². The Morgan fingerprint density at radius 2 is 1.91 bits per heavy atom. The first-order valence-electron chi connectivity index (χ1n) is 11.6. The highest BCUT2D eigenvalue weighted by Crippen LogP contribution is 2.28. The first kappa shape index (κ1) is 21.2. The Hall–Kier alpha value is -2.71. The number of carbonyl (C=O) groups is 1. The van der Waals surface area contributed by atoms with E-state index >= 15 is 0 Å². The molecule has 1 unspecified atom stereocenters. The van der Waals surface area contributed by atoms with Gasteiger partial charge >= 0.3 is 0 Å². The fourth-order valence-corrected chi connectivity index (χ4v) is 5.31. The molecule has 0 radical (unpaired) electrons. The van der Waals surface area contributed by atoms with Crippen molar-refractivity contribution < 1.29 is 9.90 Å². The minimum atomic E-state index is -0.146. The molecule has 1 amide bonds. The number of likely N-dealkylation sites (tertiary alicyclic amines) is 2. The smallest absolute Gasteiger partial charge is 0.259 e. The zero-order chi connectivity index (χ0) is 22.4. The molecule has 2 N–H and O–H groups in total. The van der Waals surface area contributed by atoms with E-state index in [1.807, 2.05) is 28.6 Å². The normalized spacial score (nSPS) is 20.6. The molecular weight excluding hydrogens is 406 g/mol. The fraction of sp³-hybridized carbons (Fsp3) is 0.542. The Labute approximate surface area is 186 Å². The minimum Gasteiger partial charge on any atom is -0.396 e. The van der Waals surface area contributed by atoms with Crippen LogP contribution < -0.4 is 5.56 Å². The van der Waals surface area contributed by atoms with Crippen molar-refractivity contribution >= 4 is 27.7 Å². The Kier molecular flexibility index (Phi) is 5.51. The second-order valence-corrected chi connectivity index (χ2v) is 9.59. The summed E-state index contributed by atoms with van der Waals surface area (Å²) < 4.78 is 1.95. The van der Waals surface area contributed by atoms with E-state index in [1.165, 1.54) is 0 Å². The summed E-state index contributed by atoms with van der Waals surface area (Å²) in [4.78, 5) is 33.3. The molecule has 5 rings (SSSR count). The van der Waals surface area contributed by atoms with Crippen molar-refractivity contribution in [1.29, 1.82) is 0 Å². The van der Waals surface area contributed by atoms with Crippen LogP contribution in [0.4, 0.5) is 0 Å². The highest BCUT2D eigenvalue weighted by molar-refractivity contribution is 6.07. The molecule has 0 spiro atoms. The van der Waals surface area contributed by atoms with E-state index in [2.05, 4.69) is 22.0 Å². The van der Waals surface area contributed by atoms with E-state index in [4.69, 9.17) is 0 Å². The van der Waals surface area contributed by atoms with Crippen molar-refractivity contribution in [2.24, 2.45) is 11.8 Å². The average molecular weight is 438 g/mol. The molecule has 32 heavy (non-hydrogen) atoms. The van der Waals surface area contributed by atoms with Crippen LogP contribution in [0.5, 0.6) is 0 Å². The molecule has 1 aromatic carbocycles. The molecule has 2 aliphatic rings. The van der Waals surface area contributed by atoms with Gasteiger partial charge in [-0.05, 0) is 69.3 Å². The number of carbonyl (C=O) groups excluding carboxylic acids is 1. The molecule has 8 heteroatoms. The number of nitrogens with one attached hydrogen (secondary N) is 1. The molecule has 4 heterocycles. The summed E-state index contributed by atoms with van der Waals surface area (Å²) in [5.74, 6) is 0.797. The fourth-order valence-electron chi connectivity index (χ4n) is 5.31. The highest BCUT2D eigenvalue weighted by atomic mass is 16.3. The highest BCUT2D eigenvalue weighted by Gasteiger charge is 2.26. The van der Waals surface area contributed by atoms with Gasteiger partial charge in [0.05, 0.1) is 22.6 Å². The number of hydrogen-bond acceptors (Lipinski definition) is 5. The quantitative estimate of drug-likeness (QED) is 0.651. The van der Waals surface area contributed by atoms with E-state index in [0.717, 1.165) is 60.9 Å². The summed E-state index contributed by atoms with van der Waals surface area (Å²) in [7, 11) is 2.13. The number of nitrogens with zero attached hydrogens (tertiary/aromatic N) is 4. The van der Waals surface area contributed by atoms with Gasteiger partial charge in [0.15, 0.2) is 0 Å². The number of aliphatic hydroxyl groups is 1. The van der Waals surface area contributed by atoms with E-state index in [1.54, 1.807) is 6.20 Å². The monoisotopic (exact) mass is 437 g/mol. The summed E-state index contributed by atoms with van der Waals surface area (Å²) in [5.41, 5.74) is 2.92. The molecule has 3 aromatic rings. The summed E-state index contributed by atoms with van der Waals surface area (Å²) in [6.45, 7) is 6.29. The summed E-state index contributed by atoms with van der Waals surface area (Å²) in [6, 6.07) is 3.84. The lowest BCUT2D eigenvalue weighted by molar-refractivity contribution is 0.0650. The van der Waals surface area contributed by atoms with Crippen molar-refractivity contribution in [3.63, 3.8) is 0 Å². The van der Waals surface area contributed by atoms with E-state index in [-0.39, 0.29) is 24.0 Å². The average Bonchev–Trinajstić information content (AvgIpc) is 3.40. The van der Waals surface area contributed by atoms with E-state index in [9.17, 15) is 14.7 Å². The van der Waals surface area contributed by atoms with Crippen molar-refractivity contribution in [1.82, 2.24) is 24.6 Å². The van der Waals surface area contributed by atoms with Crippen LogP contribution in [0, 0.1) is 18.8 Å². The molecule has 2 aliphatic heterocycles. The summed E-state index contributed by atoms with van der Waals surface area (Å²) in [5, 5.41) is 15.4. The Balaban J connectivity index is 1.56. The molecule has 8 nitrogen and oxygen atoms in total. The largest absolute Gasteiger partial charge is 0.396 e. The third-order valence-electron chi connectivity index (χ3n) is 7.26. The Morgan fingerprint density at radius 1 is 1.16 bits per heavy atom.